The number of fused-ring (bicyclic) bond motifs is 1. The minimum Gasteiger partial charge on any atom is -0.490 e. The molecular weight excluding hydrogens is 354 g/mol. The summed E-state index contributed by atoms with van der Waals surface area (Å²) in [5.74, 6) is -0.194. The van der Waals surface area contributed by atoms with Gasteiger partial charge in [-0.2, -0.15) is 4.98 Å². The van der Waals surface area contributed by atoms with Crippen LogP contribution in [0.5, 0.6) is 11.9 Å². The van der Waals surface area contributed by atoms with E-state index >= 15 is 0 Å². The molecule has 26 heavy (non-hydrogen) atoms. The van der Waals surface area contributed by atoms with E-state index in [1.54, 1.807) is 10.7 Å². The van der Waals surface area contributed by atoms with Crippen LogP contribution in [-0.2, 0) is 6.42 Å². The first-order valence-corrected chi connectivity index (χ1v) is 8.99. The van der Waals surface area contributed by atoms with Crippen LogP contribution in [0.4, 0.5) is 0 Å². The zero-order chi connectivity index (χ0) is 18.1. The Morgan fingerprint density at radius 2 is 2.19 bits per heavy atom. The van der Waals surface area contributed by atoms with Gasteiger partial charge in [0.15, 0.2) is 0 Å². The highest BCUT2D eigenvalue weighted by Crippen LogP contribution is 2.23. The summed E-state index contributed by atoms with van der Waals surface area (Å²) in [6, 6.07) is 8.12. The summed E-state index contributed by atoms with van der Waals surface area (Å²) >= 11 is 6.25. The average molecular weight is 374 g/mol. The SMILES string of the molecule is CN1CCCC1COc1nc(O)c2ncc(Cc3ccccc3Cl)n2n1. The van der Waals surface area contributed by atoms with Gasteiger partial charge in [0.1, 0.15) is 6.61 Å². The average Bonchev–Trinajstić information content (AvgIpc) is 3.22. The van der Waals surface area contributed by atoms with E-state index < -0.39 is 0 Å². The molecule has 1 aliphatic rings. The van der Waals surface area contributed by atoms with E-state index in [1.807, 2.05) is 24.3 Å². The maximum absolute atomic E-state index is 10.2. The Balaban J connectivity index is 1.59. The van der Waals surface area contributed by atoms with Gasteiger partial charge in [-0.3, -0.25) is 0 Å². The molecule has 0 bridgehead atoms. The third-order valence-electron chi connectivity index (χ3n) is 4.80. The molecule has 0 saturated carbocycles. The highest BCUT2D eigenvalue weighted by molar-refractivity contribution is 6.31. The van der Waals surface area contributed by atoms with Crippen molar-refractivity contribution in [3.05, 3.63) is 46.7 Å². The molecule has 136 valence electrons. The van der Waals surface area contributed by atoms with Gasteiger partial charge in [-0.1, -0.05) is 29.8 Å². The molecule has 1 atom stereocenters. The molecule has 7 nitrogen and oxygen atoms in total. The fraction of sp³-hybridized carbons (Fsp3) is 0.389. The van der Waals surface area contributed by atoms with Crippen molar-refractivity contribution in [2.75, 3.05) is 20.2 Å². The van der Waals surface area contributed by atoms with Crippen LogP contribution >= 0.6 is 11.6 Å². The van der Waals surface area contributed by atoms with E-state index in [2.05, 4.69) is 27.0 Å². The van der Waals surface area contributed by atoms with E-state index in [9.17, 15) is 5.11 Å². The molecule has 0 spiro atoms. The third kappa shape index (κ3) is 3.32. The van der Waals surface area contributed by atoms with Gasteiger partial charge < -0.3 is 14.7 Å². The molecule has 1 N–H and O–H groups in total. The molecule has 3 aromatic rings. The second-order valence-corrected chi connectivity index (χ2v) is 6.97. The molecular formula is C18H20ClN5O2. The quantitative estimate of drug-likeness (QED) is 0.740. The van der Waals surface area contributed by atoms with Crippen molar-refractivity contribution in [1.82, 2.24) is 24.5 Å². The van der Waals surface area contributed by atoms with Crippen molar-refractivity contribution in [2.24, 2.45) is 0 Å². The molecule has 1 aromatic carbocycles. The molecule has 0 amide bonds. The third-order valence-corrected chi connectivity index (χ3v) is 5.17. The van der Waals surface area contributed by atoms with Gasteiger partial charge >= 0.3 is 6.01 Å². The standard InChI is InChI=1S/C18H20ClN5O2/c1-23-8-4-6-13(23)11-26-18-21-17(25)16-20-10-14(24(16)22-18)9-12-5-2-3-7-15(12)19/h2-3,5,7,10,13H,4,6,8-9,11H2,1H3,(H,21,22,25). The predicted octanol–water partition coefficient (Wildman–Crippen LogP) is 2.55. The molecule has 1 unspecified atom stereocenters. The molecule has 1 aliphatic heterocycles. The number of imidazole rings is 1. The minimum absolute atomic E-state index is 0.147. The lowest BCUT2D eigenvalue weighted by molar-refractivity contribution is 0.184. The van der Waals surface area contributed by atoms with Gasteiger partial charge in [0, 0.05) is 17.5 Å². The second kappa shape index (κ2) is 7.09. The van der Waals surface area contributed by atoms with E-state index in [0.717, 1.165) is 24.2 Å². The Labute approximate surface area is 156 Å². The van der Waals surface area contributed by atoms with Crippen molar-refractivity contribution in [3.63, 3.8) is 0 Å². The monoisotopic (exact) mass is 373 g/mol. The number of rotatable bonds is 5. The largest absolute Gasteiger partial charge is 0.490 e. The number of hydrogen-bond donors (Lipinski definition) is 1. The number of halogens is 1. The summed E-state index contributed by atoms with van der Waals surface area (Å²) in [6.45, 7) is 1.57. The topological polar surface area (TPSA) is 75.8 Å². The second-order valence-electron chi connectivity index (χ2n) is 6.56. The zero-order valence-corrected chi connectivity index (χ0v) is 15.2. The Morgan fingerprint density at radius 3 is 2.96 bits per heavy atom. The fourth-order valence-electron chi connectivity index (χ4n) is 3.27. The molecule has 0 radical (unpaired) electrons. The highest BCUT2D eigenvalue weighted by Gasteiger charge is 2.22. The molecule has 8 heteroatoms. The minimum atomic E-state index is -0.194. The Hall–Kier alpha value is -2.38. The number of likely N-dealkylation sites (tertiary alicyclic amines) is 1. The van der Waals surface area contributed by atoms with Crippen LogP contribution in [-0.4, -0.2) is 55.8 Å². The molecule has 0 aliphatic carbocycles. The first-order chi connectivity index (χ1) is 12.6. The van der Waals surface area contributed by atoms with Crippen LogP contribution in [0.3, 0.4) is 0 Å². The predicted molar refractivity (Wildman–Crippen MR) is 97.9 cm³/mol. The van der Waals surface area contributed by atoms with Gasteiger partial charge in [-0.25, -0.2) is 9.50 Å². The lowest BCUT2D eigenvalue weighted by atomic mass is 10.1. The Morgan fingerprint density at radius 1 is 1.35 bits per heavy atom. The first kappa shape index (κ1) is 17.1. The van der Waals surface area contributed by atoms with Crippen molar-refractivity contribution in [2.45, 2.75) is 25.3 Å². The number of hydrogen-bond acceptors (Lipinski definition) is 6. The van der Waals surface area contributed by atoms with Crippen LogP contribution in [0.2, 0.25) is 5.02 Å². The maximum atomic E-state index is 10.2. The molecule has 4 rings (SSSR count). The summed E-state index contributed by atoms with van der Waals surface area (Å²) in [7, 11) is 2.08. The number of aromatic hydroxyl groups is 1. The molecule has 1 saturated heterocycles. The van der Waals surface area contributed by atoms with Crippen LogP contribution in [0.15, 0.2) is 30.5 Å². The normalized spacial score (nSPS) is 17.8. The van der Waals surface area contributed by atoms with Crippen molar-refractivity contribution in [1.29, 1.82) is 0 Å². The smallest absolute Gasteiger partial charge is 0.337 e. The Bertz CT molecular complexity index is 929. The number of likely N-dealkylation sites (N-methyl/N-ethyl adjacent to an activating group) is 1. The lowest BCUT2D eigenvalue weighted by Crippen LogP contribution is -2.31. The number of benzene rings is 1. The fourth-order valence-corrected chi connectivity index (χ4v) is 3.48. The zero-order valence-electron chi connectivity index (χ0n) is 14.5. The summed E-state index contributed by atoms with van der Waals surface area (Å²) in [6.07, 6.45) is 4.47. The first-order valence-electron chi connectivity index (χ1n) is 8.62. The van der Waals surface area contributed by atoms with E-state index in [4.69, 9.17) is 16.3 Å². The van der Waals surface area contributed by atoms with Gasteiger partial charge in [0.2, 0.25) is 5.65 Å². The summed E-state index contributed by atoms with van der Waals surface area (Å²) < 4.78 is 7.32. The maximum Gasteiger partial charge on any atom is 0.337 e. The van der Waals surface area contributed by atoms with Crippen LogP contribution in [0.25, 0.3) is 5.65 Å². The number of nitrogens with zero attached hydrogens (tertiary/aromatic N) is 5. The van der Waals surface area contributed by atoms with Crippen molar-refractivity contribution < 1.29 is 9.84 Å². The van der Waals surface area contributed by atoms with Gasteiger partial charge in [0.25, 0.3) is 5.88 Å². The van der Waals surface area contributed by atoms with Gasteiger partial charge in [-0.05, 0) is 38.1 Å². The van der Waals surface area contributed by atoms with Crippen LogP contribution in [0.1, 0.15) is 24.1 Å². The van der Waals surface area contributed by atoms with E-state index in [0.29, 0.717) is 29.7 Å². The summed E-state index contributed by atoms with van der Waals surface area (Å²) in [5.41, 5.74) is 2.06. The molecule has 2 aromatic heterocycles. The van der Waals surface area contributed by atoms with Crippen molar-refractivity contribution in [3.8, 4) is 11.9 Å². The van der Waals surface area contributed by atoms with Crippen molar-refractivity contribution >= 4 is 17.2 Å². The summed E-state index contributed by atoms with van der Waals surface area (Å²) in [4.78, 5) is 10.5. The Kier molecular flexibility index (Phi) is 4.65. The van der Waals surface area contributed by atoms with Gasteiger partial charge in [0.05, 0.1) is 11.9 Å². The lowest BCUT2D eigenvalue weighted by Gasteiger charge is -2.18. The highest BCUT2D eigenvalue weighted by atomic mass is 35.5. The number of aromatic nitrogens is 4. The summed E-state index contributed by atoms with van der Waals surface area (Å²) in [5, 5.41) is 15.3. The molecule has 1 fully saturated rings. The van der Waals surface area contributed by atoms with E-state index in [1.165, 1.54) is 6.42 Å². The van der Waals surface area contributed by atoms with Gasteiger partial charge in [-0.15, -0.1) is 5.10 Å². The van der Waals surface area contributed by atoms with Crippen LogP contribution < -0.4 is 4.74 Å². The number of ether oxygens (including phenoxy) is 1. The van der Waals surface area contributed by atoms with Crippen LogP contribution in [0, 0.1) is 0 Å². The molecule has 3 heterocycles. The van der Waals surface area contributed by atoms with E-state index in [-0.39, 0.29) is 11.9 Å².